The predicted molar refractivity (Wildman–Crippen MR) is 84.5 cm³/mol. The molecule has 3 aliphatic rings. The zero-order valence-corrected chi connectivity index (χ0v) is 14.0. The van der Waals surface area contributed by atoms with Crippen molar-refractivity contribution in [2.45, 2.75) is 70.6 Å². The molecule has 1 spiro atoms. The van der Waals surface area contributed by atoms with Crippen LogP contribution in [-0.2, 0) is 4.74 Å². The largest absolute Gasteiger partial charge is 0.388 e. The first kappa shape index (κ1) is 16.1. The van der Waals surface area contributed by atoms with E-state index >= 15 is 0 Å². The average molecular weight is 310 g/mol. The van der Waals surface area contributed by atoms with E-state index in [2.05, 4.69) is 10.6 Å². The number of carbonyl (C=O) groups is 1. The fourth-order valence-corrected chi connectivity index (χ4v) is 4.56. The van der Waals surface area contributed by atoms with Crippen molar-refractivity contribution < 1.29 is 14.6 Å². The van der Waals surface area contributed by atoms with Gasteiger partial charge in [-0.2, -0.15) is 0 Å². The number of fused-ring (bicyclic) bond motifs is 2. The van der Waals surface area contributed by atoms with E-state index < -0.39 is 5.60 Å². The molecule has 2 saturated carbocycles. The summed E-state index contributed by atoms with van der Waals surface area (Å²) >= 11 is 0. The quantitative estimate of drug-likeness (QED) is 0.744. The standard InChI is InChI=1S/C17H30N2O3/c1-11(2)16(3,21)10-18-15(20)19-13-12-6-9-22-14(12)17(13)7-4-5-8-17/h11-14,21H,4-10H2,1-3H3,(H2,18,19,20). The lowest BCUT2D eigenvalue weighted by atomic mass is 9.54. The number of ether oxygens (including phenoxy) is 1. The van der Waals surface area contributed by atoms with Crippen LogP contribution in [0.2, 0.25) is 0 Å². The smallest absolute Gasteiger partial charge is 0.315 e. The van der Waals surface area contributed by atoms with Crippen LogP contribution in [0.3, 0.4) is 0 Å². The minimum absolute atomic E-state index is 0.102. The van der Waals surface area contributed by atoms with Crippen molar-refractivity contribution in [2.24, 2.45) is 17.3 Å². The molecule has 5 nitrogen and oxygen atoms in total. The first-order valence-electron chi connectivity index (χ1n) is 8.75. The Bertz CT molecular complexity index is 430. The Labute approximate surface area is 133 Å². The summed E-state index contributed by atoms with van der Waals surface area (Å²) < 4.78 is 5.94. The summed E-state index contributed by atoms with van der Waals surface area (Å²) in [5, 5.41) is 16.3. The molecule has 0 bridgehead atoms. The highest BCUT2D eigenvalue weighted by atomic mass is 16.5. The first-order chi connectivity index (χ1) is 10.4. The third-order valence-electron chi connectivity index (χ3n) is 6.42. The molecule has 0 aromatic carbocycles. The van der Waals surface area contributed by atoms with Crippen LogP contribution in [0.25, 0.3) is 0 Å². The zero-order chi connectivity index (χ0) is 16.0. The summed E-state index contributed by atoms with van der Waals surface area (Å²) in [5.41, 5.74) is -0.694. The normalized spacial score (nSPS) is 35.0. The molecule has 5 heteroatoms. The van der Waals surface area contributed by atoms with Gasteiger partial charge in [0.2, 0.25) is 0 Å². The van der Waals surface area contributed by atoms with Crippen LogP contribution in [0.4, 0.5) is 4.79 Å². The van der Waals surface area contributed by atoms with Gasteiger partial charge in [-0.15, -0.1) is 0 Å². The van der Waals surface area contributed by atoms with E-state index in [1.807, 2.05) is 13.8 Å². The van der Waals surface area contributed by atoms with Gasteiger partial charge >= 0.3 is 6.03 Å². The van der Waals surface area contributed by atoms with E-state index in [0.717, 1.165) is 13.0 Å². The summed E-state index contributed by atoms with van der Waals surface area (Å²) in [5.74, 6) is 0.583. The van der Waals surface area contributed by atoms with E-state index in [1.165, 1.54) is 25.7 Å². The first-order valence-corrected chi connectivity index (χ1v) is 8.75. The van der Waals surface area contributed by atoms with Gasteiger partial charge in [0.25, 0.3) is 0 Å². The van der Waals surface area contributed by atoms with Crippen LogP contribution in [0.5, 0.6) is 0 Å². The molecule has 0 aromatic heterocycles. The number of amides is 2. The van der Waals surface area contributed by atoms with Gasteiger partial charge in [0.15, 0.2) is 0 Å². The second-order valence-corrected chi connectivity index (χ2v) is 8.00. The molecule has 1 saturated heterocycles. The summed E-state index contributed by atoms with van der Waals surface area (Å²) in [6, 6.07) is 0.0917. The lowest BCUT2D eigenvalue weighted by molar-refractivity contribution is -0.126. The van der Waals surface area contributed by atoms with E-state index in [-0.39, 0.29) is 30.0 Å². The van der Waals surface area contributed by atoms with Crippen molar-refractivity contribution in [2.75, 3.05) is 13.2 Å². The van der Waals surface area contributed by atoms with Crippen LogP contribution < -0.4 is 10.6 Å². The molecule has 4 unspecified atom stereocenters. The van der Waals surface area contributed by atoms with Crippen LogP contribution in [0.1, 0.15) is 52.9 Å². The van der Waals surface area contributed by atoms with Crippen molar-refractivity contribution >= 4 is 6.03 Å². The third kappa shape index (κ3) is 2.52. The van der Waals surface area contributed by atoms with Crippen molar-refractivity contribution in [3.05, 3.63) is 0 Å². The molecular formula is C17H30N2O3. The third-order valence-corrected chi connectivity index (χ3v) is 6.42. The summed E-state index contributed by atoms with van der Waals surface area (Å²) in [6.07, 6.45) is 6.24. The van der Waals surface area contributed by atoms with Gasteiger partial charge in [-0.3, -0.25) is 0 Å². The molecule has 0 radical (unpaired) electrons. The maximum Gasteiger partial charge on any atom is 0.315 e. The Morgan fingerprint density at radius 1 is 1.41 bits per heavy atom. The van der Waals surface area contributed by atoms with E-state index in [4.69, 9.17) is 4.74 Å². The van der Waals surface area contributed by atoms with Gasteiger partial charge in [0, 0.05) is 30.5 Å². The van der Waals surface area contributed by atoms with E-state index in [1.54, 1.807) is 6.92 Å². The number of aliphatic hydroxyl groups is 1. The van der Waals surface area contributed by atoms with Crippen LogP contribution >= 0.6 is 0 Å². The van der Waals surface area contributed by atoms with Gasteiger partial charge in [-0.05, 0) is 32.1 Å². The minimum Gasteiger partial charge on any atom is -0.388 e. The second kappa shape index (κ2) is 5.68. The van der Waals surface area contributed by atoms with Crippen molar-refractivity contribution in [3.8, 4) is 0 Å². The highest BCUT2D eigenvalue weighted by molar-refractivity contribution is 5.74. The summed E-state index contributed by atoms with van der Waals surface area (Å²) in [4.78, 5) is 12.3. The molecule has 4 atom stereocenters. The van der Waals surface area contributed by atoms with Gasteiger partial charge in [0.1, 0.15) is 0 Å². The maximum atomic E-state index is 12.3. The van der Waals surface area contributed by atoms with Crippen molar-refractivity contribution in [1.29, 1.82) is 0 Å². The topological polar surface area (TPSA) is 70.6 Å². The SMILES string of the molecule is CC(C)C(C)(O)CNC(=O)NC1C2CCOC2C12CCCC2. The van der Waals surface area contributed by atoms with Crippen LogP contribution in [-0.4, -0.2) is 42.0 Å². The maximum absolute atomic E-state index is 12.3. The van der Waals surface area contributed by atoms with Gasteiger partial charge in [-0.1, -0.05) is 26.7 Å². The number of urea groups is 1. The Kier molecular flexibility index (Phi) is 4.14. The monoisotopic (exact) mass is 310 g/mol. The molecule has 1 aliphatic heterocycles. The Hall–Kier alpha value is -0.810. The van der Waals surface area contributed by atoms with Gasteiger partial charge in [-0.25, -0.2) is 4.79 Å². The number of carbonyl (C=O) groups excluding carboxylic acids is 1. The van der Waals surface area contributed by atoms with Gasteiger partial charge in [0.05, 0.1) is 11.7 Å². The Morgan fingerprint density at radius 2 is 2.09 bits per heavy atom. The fraction of sp³-hybridized carbons (Fsp3) is 0.941. The molecular weight excluding hydrogens is 280 g/mol. The molecule has 3 fully saturated rings. The molecule has 0 aromatic rings. The minimum atomic E-state index is -0.874. The van der Waals surface area contributed by atoms with Crippen LogP contribution in [0, 0.1) is 17.3 Å². The number of hydrogen-bond donors (Lipinski definition) is 3. The lowest BCUT2D eigenvalue weighted by Gasteiger charge is -2.56. The molecule has 22 heavy (non-hydrogen) atoms. The van der Waals surface area contributed by atoms with E-state index in [9.17, 15) is 9.90 Å². The predicted octanol–water partition coefficient (Wildman–Crippen LogP) is 2.04. The zero-order valence-electron chi connectivity index (χ0n) is 14.0. The van der Waals surface area contributed by atoms with Crippen LogP contribution in [0.15, 0.2) is 0 Å². The molecule has 3 N–H and O–H groups in total. The van der Waals surface area contributed by atoms with E-state index in [0.29, 0.717) is 12.0 Å². The van der Waals surface area contributed by atoms with Crippen molar-refractivity contribution in [1.82, 2.24) is 10.6 Å². The van der Waals surface area contributed by atoms with Gasteiger partial charge < -0.3 is 20.5 Å². The fourth-order valence-electron chi connectivity index (χ4n) is 4.56. The number of rotatable bonds is 4. The average Bonchev–Trinajstić information content (AvgIpc) is 3.10. The Morgan fingerprint density at radius 3 is 2.73 bits per heavy atom. The second-order valence-electron chi connectivity index (χ2n) is 8.00. The number of nitrogens with one attached hydrogen (secondary N) is 2. The van der Waals surface area contributed by atoms with Crippen molar-refractivity contribution in [3.63, 3.8) is 0 Å². The Balaban J connectivity index is 1.57. The summed E-state index contributed by atoms with van der Waals surface area (Å²) in [7, 11) is 0. The molecule has 2 amide bonds. The molecule has 3 rings (SSSR count). The molecule has 126 valence electrons. The summed E-state index contributed by atoms with van der Waals surface area (Å²) in [6.45, 7) is 6.79. The lowest BCUT2D eigenvalue weighted by Crippen LogP contribution is -2.69. The highest BCUT2D eigenvalue weighted by Gasteiger charge is 2.65. The molecule has 2 aliphatic carbocycles. The number of hydrogen-bond acceptors (Lipinski definition) is 3. The molecule has 1 heterocycles. The highest BCUT2D eigenvalue weighted by Crippen LogP contribution is 2.60.